The maximum atomic E-state index is 9.65. The van der Waals surface area contributed by atoms with Crippen LogP contribution in [0.15, 0.2) is 0 Å². The van der Waals surface area contributed by atoms with Crippen molar-refractivity contribution in [1.82, 2.24) is 0 Å². The molecule has 1 aliphatic rings. The molecule has 1 fully saturated rings. The van der Waals surface area contributed by atoms with Gasteiger partial charge in [0.25, 0.3) is 0 Å². The second-order valence-electron chi connectivity index (χ2n) is 3.24. The molecule has 0 aliphatic carbocycles. The van der Waals surface area contributed by atoms with Crippen molar-refractivity contribution in [2.24, 2.45) is 0 Å². The van der Waals surface area contributed by atoms with Crippen LogP contribution in [0.2, 0.25) is 0 Å². The molecule has 1 aliphatic heterocycles. The minimum atomic E-state index is -0.876. The second kappa shape index (κ2) is 3.52. The fraction of sp³-hybridized carbons (Fsp3) is 1.00. The summed E-state index contributed by atoms with van der Waals surface area (Å²) in [5, 5.41) is 18.5. The molecule has 0 saturated carbocycles. The zero-order valence-electron chi connectivity index (χ0n) is 6.92. The quantitative estimate of drug-likeness (QED) is 0.610. The highest BCUT2D eigenvalue weighted by Gasteiger charge is 2.33. The Morgan fingerprint density at radius 2 is 2.36 bits per heavy atom. The lowest BCUT2D eigenvalue weighted by atomic mass is 9.90. The molecule has 2 N–H and O–H groups in total. The molecule has 0 aromatic carbocycles. The average Bonchev–Trinajstić information content (AvgIpc) is 2.05. The molecule has 0 bridgehead atoms. The highest BCUT2D eigenvalue weighted by molar-refractivity contribution is 4.84. The maximum absolute atomic E-state index is 9.65. The van der Waals surface area contributed by atoms with Crippen LogP contribution >= 0.6 is 0 Å². The van der Waals surface area contributed by atoms with Gasteiger partial charge in [-0.15, -0.1) is 0 Å². The van der Waals surface area contributed by atoms with Gasteiger partial charge in [0.1, 0.15) is 0 Å². The Balaban J connectivity index is 2.44. The van der Waals surface area contributed by atoms with Gasteiger partial charge in [-0.25, -0.2) is 0 Å². The van der Waals surface area contributed by atoms with Gasteiger partial charge < -0.3 is 14.9 Å². The van der Waals surface area contributed by atoms with Crippen molar-refractivity contribution in [3.8, 4) is 0 Å². The molecular weight excluding hydrogens is 144 g/mol. The Morgan fingerprint density at radius 1 is 1.64 bits per heavy atom. The monoisotopic (exact) mass is 160 g/mol. The highest BCUT2D eigenvalue weighted by atomic mass is 16.5. The predicted octanol–water partition coefficient (Wildman–Crippen LogP) is 0.299. The topological polar surface area (TPSA) is 49.7 Å². The zero-order chi connectivity index (χ0) is 8.32. The summed E-state index contributed by atoms with van der Waals surface area (Å²) in [5.41, 5.74) is -0.876. The first-order valence-corrected chi connectivity index (χ1v) is 4.15. The third-order valence-corrected chi connectivity index (χ3v) is 2.28. The first-order valence-electron chi connectivity index (χ1n) is 4.15. The summed E-state index contributed by atoms with van der Waals surface area (Å²) >= 11 is 0. The smallest absolute Gasteiger partial charge is 0.0923 e. The SMILES string of the molecule is CCC1CC(O)(CO)CCO1. The number of hydrogen-bond acceptors (Lipinski definition) is 3. The van der Waals surface area contributed by atoms with Crippen LogP contribution in [0, 0.1) is 0 Å². The second-order valence-corrected chi connectivity index (χ2v) is 3.24. The molecule has 0 spiro atoms. The summed E-state index contributed by atoms with van der Waals surface area (Å²) in [6.07, 6.45) is 2.16. The maximum Gasteiger partial charge on any atom is 0.0923 e. The van der Waals surface area contributed by atoms with Crippen molar-refractivity contribution in [3.05, 3.63) is 0 Å². The molecule has 66 valence electrons. The molecule has 3 nitrogen and oxygen atoms in total. The van der Waals surface area contributed by atoms with E-state index in [1.54, 1.807) is 0 Å². The van der Waals surface area contributed by atoms with Gasteiger partial charge in [-0.2, -0.15) is 0 Å². The van der Waals surface area contributed by atoms with Crippen molar-refractivity contribution in [2.45, 2.75) is 37.9 Å². The number of ether oxygens (including phenoxy) is 1. The van der Waals surface area contributed by atoms with E-state index < -0.39 is 5.60 Å². The lowest BCUT2D eigenvalue weighted by Crippen LogP contribution is -2.43. The summed E-state index contributed by atoms with van der Waals surface area (Å²) in [7, 11) is 0. The van der Waals surface area contributed by atoms with Crippen LogP contribution in [0.25, 0.3) is 0 Å². The molecular formula is C8H16O3. The van der Waals surface area contributed by atoms with E-state index in [1.165, 1.54) is 0 Å². The summed E-state index contributed by atoms with van der Waals surface area (Å²) in [4.78, 5) is 0. The first-order chi connectivity index (χ1) is 5.20. The number of aliphatic hydroxyl groups excluding tert-OH is 1. The summed E-state index contributed by atoms with van der Waals surface area (Å²) in [6, 6.07) is 0. The minimum absolute atomic E-state index is 0.126. The number of hydrogen-bond donors (Lipinski definition) is 2. The Bertz CT molecular complexity index is 127. The van der Waals surface area contributed by atoms with Crippen molar-refractivity contribution in [1.29, 1.82) is 0 Å². The van der Waals surface area contributed by atoms with E-state index in [0.717, 1.165) is 6.42 Å². The van der Waals surface area contributed by atoms with Gasteiger partial charge in [0.2, 0.25) is 0 Å². The van der Waals surface area contributed by atoms with Crippen LogP contribution in [-0.2, 0) is 4.74 Å². The molecule has 0 amide bonds. The van der Waals surface area contributed by atoms with E-state index in [2.05, 4.69) is 0 Å². The van der Waals surface area contributed by atoms with Crippen LogP contribution in [0.4, 0.5) is 0 Å². The Kier molecular flexibility index (Phi) is 2.87. The van der Waals surface area contributed by atoms with Gasteiger partial charge in [0.05, 0.1) is 18.3 Å². The summed E-state index contributed by atoms with van der Waals surface area (Å²) < 4.78 is 5.35. The van der Waals surface area contributed by atoms with Crippen LogP contribution in [0.1, 0.15) is 26.2 Å². The van der Waals surface area contributed by atoms with Crippen LogP contribution in [-0.4, -0.2) is 35.1 Å². The summed E-state index contributed by atoms with van der Waals surface area (Å²) in [6.45, 7) is 2.44. The Labute approximate surface area is 67.0 Å². The summed E-state index contributed by atoms with van der Waals surface area (Å²) in [5.74, 6) is 0. The molecule has 2 unspecified atom stereocenters. The van der Waals surface area contributed by atoms with E-state index in [1.807, 2.05) is 6.92 Å². The molecule has 2 atom stereocenters. The fourth-order valence-corrected chi connectivity index (χ4v) is 1.41. The van der Waals surface area contributed by atoms with Gasteiger partial charge >= 0.3 is 0 Å². The molecule has 0 aromatic rings. The van der Waals surface area contributed by atoms with Crippen molar-refractivity contribution in [2.75, 3.05) is 13.2 Å². The van der Waals surface area contributed by atoms with E-state index >= 15 is 0 Å². The number of rotatable bonds is 2. The molecule has 0 radical (unpaired) electrons. The molecule has 1 heterocycles. The van der Waals surface area contributed by atoms with Crippen LogP contribution in [0.5, 0.6) is 0 Å². The van der Waals surface area contributed by atoms with E-state index in [0.29, 0.717) is 19.4 Å². The predicted molar refractivity (Wildman–Crippen MR) is 41.3 cm³/mol. The van der Waals surface area contributed by atoms with Gasteiger partial charge in [-0.3, -0.25) is 0 Å². The molecule has 3 heteroatoms. The number of aliphatic hydroxyl groups is 2. The highest BCUT2D eigenvalue weighted by Crippen LogP contribution is 2.25. The molecule has 1 rings (SSSR count). The van der Waals surface area contributed by atoms with Gasteiger partial charge in [0, 0.05) is 19.4 Å². The third-order valence-electron chi connectivity index (χ3n) is 2.28. The fourth-order valence-electron chi connectivity index (χ4n) is 1.41. The van der Waals surface area contributed by atoms with Gasteiger partial charge in [0.15, 0.2) is 0 Å². The van der Waals surface area contributed by atoms with Crippen molar-refractivity contribution >= 4 is 0 Å². The first kappa shape index (κ1) is 8.97. The third kappa shape index (κ3) is 2.15. The standard InChI is InChI=1S/C8H16O3/c1-2-7-5-8(10,6-9)3-4-11-7/h7,9-10H,2-6H2,1H3. The van der Waals surface area contributed by atoms with E-state index in [9.17, 15) is 5.11 Å². The largest absolute Gasteiger partial charge is 0.393 e. The van der Waals surface area contributed by atoms with Gasteiger partial charge in [-0.1, -0.05) is 6.92 Å². The lowest BCUT2D eigenvalue weighted by molar-refractivity contribution is -0.124. The lowest BCUT2D eigenvalue weighted by Gasteiger charge is -2.35. The molecule has 0 aromatic heterocycles. The molecule has 11 heavy (non-hydrogen) atoms. The minimum Gasteiger partial charge on any atom is -0.393 e. The van der Waals surface area contributed by atoms with Crippen LogP contribution in [0.3, 0.4) is 0 Å². The van der Waals surface area contributed by atoms with Crippen LogP contribution < -0.4 is 0 Å². The van der Waals surface area contributed by atoms with E-state index in [-0.39, 0.29) is 12.7 Å². The van der Waals surface area contributed by atoms with E-state index in [4.69, 9.17) is 9.84 Å². The Morgan fingerprint density at radius 3 is 2.91 bits per heavy atom. The van der Waals surface area contributed by atoms with Crippen molar-refractivity contribution < 1.29 is 14.9 Å². The van der Waals surface area contributed by atoms with Crippen molar-refractivity contribution in [3.63, 3.8) is 0 Å². The zero-order valence-corrected chi connectivity index (χ0v) is 6.92. The Hall–Kier alpha value is -0.120. The normalized spacial score (nSPS) is 39.0. The molecule has 1 saturated heterocycles. The van der Waals surface area contributed by atoms with Gasteiger partial charge in [-0.05, 0) is 6.42 Å². The average molecular weight is 160 g/mol.